The summed E-state index contributed by atoms with van der Waals surface area (Å²) in [6, 6.07) is 15.8. The third-order valence-corrected chi connectivity index (χ3v) is 6.86. The van der Waals surface area contributed by atoms with E-state index < -0.39 is 11.5 Å². The Morgan fingerprint density at radius 2 is 1.86 bits per heavy atom. The minimum Gasteiger partial charge on any atom is -0.509 e. The zero-order valence-corrected chi connectivity index (χ0v) is 20.8. The maximum atomic E-state index is 13.1. The summed E-state index contributed by atoms with van der Waals surface area (Å²) in [5.74, 6) is -0.467. The van der Waals surface area contributed by atoms with Crippen molar-refractivity contribution in [1.29, 1.82) is 0 Å². The van der Waals surface area contributed by atoms with Gasteiger partial charge in [0.2, 0.25) is 0 Å². The Bertz CT molecular complexity index is 1080. The van der Waals surface area contributed by atoms with Crippen LogP contribution in [0, 0.1) is 0 Å². The molecule has 4 radical (unpaired) electrons. The van der Waals surface area contributed by atoms with Crippen molar-refractivity contribution in [2.75, 3.05) is 44.2 Å². The molecule has 0 spiro atoms. The first-order valence-corrected chi connectivity index (χ1v) is 12.4. The highest BCUT2D eigenvalue weighted by Crippen LogP contribution is 2.31. The average molecular weight is 501 g/mol. The van der Waals surface area contributed by atoms with E-state index >= 15 is 0 Å². The number of hydrogen-bond acceptors (Lipinski definition) is 5. The minimum absolute atomic E-state index is 0. The van der Waals surface area contributed by atoms with Gasteiger partial charge in [0.25, 0.3) is 0 Å². The van der Waals surface area contributed by atoms with Gasteiger partial charge < -0.3 is 19.8 Å². The normalized spacial score (nSPS) is 17.9. The smallest absolute Gasteiger partial charge is 0.324 e. The third-order valence-electron chi connectivity index (χ3n) is 6.86. The standard InChI is InChI=1S/C27H33B2N3O4.CH4/c1-27(35,19-33)22-8-5-12-30(18-22)17-21-9-10-23(16-24(21)36-25(28)29)32-15-14-31(26(32)34)13-11-20-6-3-2-4-7-20;/h2-4,6-10,16,25,33,35H,5,11-15,17-19H2,1H3;1H4/t27-;/m1./s1. The molecule has 1 saturated heterocycles. The number of amides is 2. The van der Waals surface area contributed by atoms with Crippen molar-refractivity contribution >= 4 is 27.4 Å². The number of anilines is 1. The van der Waals surface area contributed by atoms with Gasteiger partial charge in [-0.3, -0.25) is 9.80 Å². The van der Waals surface area contributed by atoms with E-state index in [0.717, 1.165) is 36.2 Å². The van der Waals surface area contributed by atoms with E-state index in [1.165, 1.54) is 5.56 Å². The summed E-state index contributed by atoms with van der Waals surface area (Å²) in [6.45, 7) is 5.10. The molecule has 2 N–H and O–H groups in total. The number of carbonyl (C=O) groups excluding carboxylic acids is 1. The SMILES string of the molecule is C.[B]C([B])Oc1cc(N2CCN(CCc3ccccc3)C2=O)ccc1CN1CCC=C([C@](C)(O)CO)C1. The zero-order chi connectivity index (χ0) is 25.7. The topological polar surface area (TPSA) is 76.5 Å². The number of benzene rings is 2. The molecule has 0 unspecified atom stereocenters. The maximum Gasteiger partial charge on any atom is 0.324 e. The fraction of sp³-hybridized carbons (Fsp3) is 0.464. The van der Waals surface area contributed by atoms with E-state index in [9.17, 15) is 15.0 Å². The summed E-state index contributed by atoms with van der Waals surface area (Å²) >= 11 is 0. The maximum absolute atomic E-state index is 13.1. The van der Waals surface area contributed by atoms with Crippen LogP contribution in [-0.4, -0.2) is 92.6 Å². The summed E-state index contributed by atoms with van der Waals surface area (Å²) in [5, 5.41) is 20.0. The Morgan fingerprint density at radius 1 is 1.11 bits per heavy atom. The molecule has 2 aliphatic rings. The molecule has 2 heterocycles. The molecule has 0 bridgehead atoms. The molecule has 2 amide bonds. The van der Waals surface area contributed by atoms with Gasteiger partial charge in [-0.2, -0.15) is 0 Å². The molecular weight excluding hydrogens is 464 g/mol. The highest BCUT2D eigenvalue weighted by atomic mass is 16.5. The quantitative estimate of drug-likeness (QED) is 0.387. The van der Waals surface area contributed by atoms with E-state index in [4.69, 9.17) is 20.4 Å². The van der Waals surface area contributed by atoms with Crippen LogP contribution in [0.3, 0.4) is 0 Å². The van der Waals surface area contributed by atoms with Gasteiger partial charge in [0.15, 0.2) is 0 Å². The second-order valence-corrected chi connectivity index (χ2v) is 9.69. The lowest BCUT2D eigenvalue weighted by molar-refractivity contribution is 0.0247. The van der Waals surface area contributed by atoms with Gasteiger partial charge in [0.05, 0.1) is 6.61 Å². The highest BCUT2D eigenvalue weighted by molar-refractivity contribution is 6.34. The van der Waals surface area contributed by atoms with Crippen molar-refractivity contribution < 1.29 is 19.7 Å². The molecule has 37 heavy (non-hydrogen) atoms. The first-order valence-electron chi connectivity index (χ1n) is 12.4. The summed E-state index contributed by atoms with van der Waals surface area (Å²) < 4.78 is 5.74. The van der Waals surface area contributed by atoms with Gasteiger partial charge in [0, 0.05) is 62.5 Å². The molecule has 194 valence electrons. The largest absolute Gasteiger partial charge is 0.509 e. The molecule has 2 aromatic carbocycles. The van der Waals surface area contributed by atoms with Gasteiger partial charge in [-0.1, -0.05) is 49.9 Å². The van der Waals surface area contributed by atoms with Crippen LogP contribution in [-0.2, 0) is 13.0 Å². The van der Waals surface area contributed by atoms with Crippen LogP contribution in [0.4, 0.5) is 10.5 Å². The first kappa shape index (κ1) is 28.8. The molecule has 1 fully saturated rings. The van der Waals surface area contributed by atoms with Crippen LogP contribution >= 0.6 is 0 Å². The fourth-order valence-electron chi connectivity index (χ4n) is 4.71. The van der Waals surface area contributed by atoms with Crippen LogP contribution in [0.15, 0.2) is 60.2 Å². The Labute approximate surface area is 223 Å². The van der Waals surface area contributed by atoms with Crippen LogP contribution in [0.1, 0.15) is 31.9 Å². The predicted octanol–water partition coefficient (Wildman–Crippen LogP) is 2.68. The molecular formula is C28H37B2N3O4. The van der Waals surface area contributed by atoms with Crippen LogP contribution in [0.2, 0.25) is 0 Å². The fourth-order valence-corrected chi connectivity index (χ4v) is 4.71. The number of aliphatic hydroxyl groups excluding tert-OH is 1. The lowest BCUT2D eigenvalue weighted by atomic mass is 9.82. The van der Waals surface area contributed by atoms with Crippen molar-refractivity contribution in [3.63, 3.8) is 0 Å². The number of hydrogen-bond donors (Lipinski definition) is 2. The third kappa shape index (κ3) is 7.18. The van der Waals surface area contributed by atoms with Gasteiger partial charge in [-0.05, 0) is 37.0 Å². The van der Waals surface area contributed by atoms with E-state index in [0.29, 0.717) is 38.5 Å². The highest BCUT2D eigenvalue weighted by Gasteiger charge is 2.31. The second-order valence-electron chi connectivity index (χ2n) is 9.69. The average Bonchev–Trinajstić information content (AvgIpc) is 3.24. The zero-order valence-electron chi connectivity index (χ0n) is 20.8. The van der Waals surface area contributed by atoms with Crippen LogP contribution in [0.25, 0.3) is 0 Å². The van der Waals surface area contributed by atoms with Crippen molar-refractivity contribution in [1.82, 2.24) is 9.80 Å². The summed E-state index contributed by atoms with van der Waals surface area (Å²) in [5.41, 5.74) is 2.38. The number of urea groups is 1. The van der Waals surface area contributed by atoms with Gasteiger partial charge >= 0.3 is 6.03 Å². The minimum atomic E-state index is -1.25. The number of nitrogens with zero attached hydrogens (tertiary/aromatic N) is 3. The summed E-state index contributed by atoms with van der Waals surface area (Å²) in [7, 11) is 11.5. The van der Waals surface area contributed by atoms with Gasteiger partial charge in [0.1, 0.15) is 27.0 Å². The van der Waals surface area contributed by atoms with Gasteiger partial charge in [-0.25, -0.2) is 4.79 Å². The van der Waals surface area contributed by atoms with E-state index in [-0.39, 0.29) is 20.1 Å². The first-order chi connectivity index (χ1) is 17.3. The Balaban J connectivity index is 0.00000380. The Morgan fingerprint density at radius 3 is 2.57 bits per heavy atom. The van der Waals surface area contributed by atoms with E-state index in [2.05, 4.69) is 17.0 Å². The van der Waals surface area contributed by atoms with E-state index in [1.54, 1.807) is 11.8 Å². The Hall–Kier alpha value is -2.74. The molecule has 0 aliphatic carbocycles. The number of aliphatic hydroxyl groups is 2. The molecule has 2 aromatic rings. The van der Waals surface area contributed by atoms with Gasteiger partial charge in [-0.15, -0.1) is 0 Å². The van der Waals surface area contributed by atoms with Crippen molar-refractivity contribution in [3.05, 3.63) is 71.3 Å². The molecule has 9 heteroatoms. The van der Waals surface area contributed by atoms with E-state index in [1.807, 2.05) is 47.4 Å². The predicted molar refractivity (Wildman–Crippen MR) is 149 cm³/mol. The van der Waals surface area contributed by atoms with Crippen LogP contribution < -0.4 is 9.64 Å². The van der Waals surface area contributed by atoms with Crippen molar-refractivity contribution in [2.45, 2.75) is 45.2 Å². The molecule has 7 nitrogen and oxygen atoms in total. The molecule has 0 aromatic heterocycles. The second kappa shape index (κ2) is 12.7. The molecule has 2 aliphatic heterocycles. The van der Waals surface area contributed by atoms with Crippen molar-refractivity contribution in [2.24, 2.45) is 0 Å². The Kier molecular flexibility index (Phi) is 9.87. The molecule has 1 atom stereocenters. The lowest BCUT2D eigenvalue weighted by Gasteiger charge is -2.34. The van der Waals surface area contributed by atoms with Crippen molar-refractivity contribution in [3.8, 4) is 5.75 Å². The lowest BCUT2D eigenvalue weighted by Crippen LogP contribution is -2.40. The number of carbonyl (C=O) groups is 1. The molecule has 4 rings (SSSR count). The number of rotatable bonds is 10. The summed E-state index contributed by atoms with van der Waals surface area (Å²) in [6.07, 6.45) is 3.58. The molecule has 0 saturated carbocycles. The summed E-state index contributed by atoms with van der Waals surface area (Å²) in [4.78, 5) is 18.9. The van der Waals surface area contributed by atoms with Crippen LogP contribution in [0.5, 0.6) is 5.75 Å². The monoisotopic (exact) mass is 501 g/mol. The number of ether oxygens (including phenoxy) is 1.